The first-order valence-corrected chi connectivity index (χ1v) is 12.3. The molecule has 7 heteroatoms. The summed E-state index contributed by atoms with van der Waals surface area (Å²) in [5.41, 5.74) is 3.14. The maximum absolute atomic E-state index is 12.9. The molecule has 170 valence electrons. The van der Waals surface area contributed by atoms with E-state index in [2.05, 4.69) is 10.3 Å². The first-order valence-electron chi connectivity index (χ1n) is 10.8. The molecule has 0 saturated heterocycles. The highest BCUT2D eigenvalue weighted by Gasteiger charge is 2.24. The zero-order valence-corrected chi connectivity index (χ0v) is 19.0. The quantitative estimate of drug-likeness (QED) is 0.344. The Hall–Kier alpha value is -4.10. The van der Waals surface area contributed by atoms with Crippen LogP contribution in [0.25, 0.3) is 10.9 Å². The lowest BCUT2D eigenvalue weighted by Gasteiger charge is -2.18. The van der Waals surface area contributed by atoms with Crippen LogP contribution in [-0.4, -0.2) is 25.9 Å². The summed E-state index contributed by atoms with van der Waals surface area (Å²) in [4.78, 5) is 16.3. The summed E-state index contributed by atoms with van der Waals surface area (Å²) < 4.78 is 31.0. The van der Waals surface area contributed by atoms with Crippen LogP contribution in [0.5, 0.6) is 0 Å². The van der Waals surface area contributed by atoms with Gasteiger partial charge in [-0.1, -0.05) is 66.7 Å². The van der Waals surface area contributed by atoms with Crippen LogP contribution in [0.15, 0.2) is 118 Å². The second-order valence-corrected chi connectivity index (χ2v) is 9.78. The largest absolute Gasteiger partial charge is 0.439 e. The molecule has 5 aromatic rings. The Labute approximate surface area is 197 Å². The van der Waals surface area contributed by atoms with Gasteiger partial charge in [-0.15, -0.1) is 0 Å². The Morgan fingerprint density at radius 3 is 2.29 bits per heavy atom. The van der Waals surface area contributed by atoms with Gasteiger partial charge in [-0.3, -0.25) is 4.79 Å². The fraction of sp³-hybridized carbons (Fsp3) is 0.0741. The van der Waals surface area contributed by atoms with Crippen molar-refractivity contribution in [2.45, 2.75) is 15.9 Å². The number of rotatable bonds is 7. The number of hydrogen-bond acceptors (Lipinski definition) is 4. The molecule has 0 spiro atoms. The first kappa shape index (κ1) is 21.7. The number of furan rings is 1. The first-order chi connectivity index (χ1) is 16.5. The van der Waals surface area contributed by atoms with Crippen molar-refractivity contribution in [3.8, 4) is 0 Å². The second-order valence-electron chi connectivity index (χ2n) is 7.90. The summed E-state index contributed by atoms with van der Waals surface area (Å²) in [7, 11) is -3.84. The van der Waals surface area contributed by atoms with E-state index >= 15 is 0 Å². The lowest BCUT2D eigenvalue weighted by atomic mass is 9.91. The maximum Gasteiger partial charge on any atom is 0.287 e. The molecule has 34 heavy (non-hydrogen) atoms. The highest BCUT2D eigenvalue weighted by Crippen LogP contribution is 2.30. The Bertz CT molecular complexity index is 1540. The monoisotopic (exact) mass is 470 g/mol. The van der Waals surface area contributed by atoms with Crippen LogP contribution >= 0.6 is 0 Å². The van der Waals surface area contributed by atoms with Crippen LogP contribution in [0.1, 0.15) is 27.6 Å². The Kier molecular flexibility index (Phi) is 5.77. The predicted octanol–water partition coefficient (Wildman–Crippen LogP) is 5.16. The van der Waals surface area contributed by atoms with E-state index in [1.54, 1.807) is 18.2 Å². The van der Waals surface area contributed by atoms with Crippen LogP contribution < -0.4 is 5.32 Å². The van der Waals surface area contributed by atoms with Gasteiger partial charge in [0.15, 0.2) is 5.76 Å². The van der Waals surface area contributed by atoms with Crippen LogP contribution in [-0.2, 0) is 9.84 Å². The highest BCUT2D eigenvalue weighted by molar-refractivity contribution is 7.91. The van der Waals surface area contributed by atoms with Crippen molar-refractivity contribution in [3.05, 3.63) is 120 Å². The van der Waals surface area contributed by atoms with Gasteiger partial charge < -0.3 is 14.7 Å². The lowest BCUT2D eigenvalue weighted by Crippen LogP contribution is -2.28. The van der Waals surface area contributed by atoms with E-state index in [0.717, 1.165) is 22.0 Å². The molecule has 2 aromatic heterocycles. The van der Waals surface area contributed by atoms with Gasteiger partial charge in [0.05, 0.1) is 4.90 Å². The average Bonchev–Trinajstić information content (AvgIpc) is 3.54. The summed E-state index contributed by atoms with van der Waals surface area (Å²) >= 11 is 0. The van der Waals surface area contributed by atoms with Crippen molar-refractivity contribution < 1.29 is 17.6 Å². The topological polar surface area (TPSA) is 92.2 Å². The second kappa shape index (κ2) is 9.03. The number of amides is 1. The van der Waals surface area contributed by atoms with Gasteiger partial charge >= 0.3 is 0 Å². The third-order valence-electron chi connectivity index (χ3n) is 5.79. The molecule has 0 aliphatic heterocycles. The molecule has 0 aliphatic carbocycles. The van der Waals surface area contributed by atoms with Crippen LogP contribution in [0.4, 0.5) is 0 Å². The SMILES string of the molecule is O=C(NCC(c1ccccc1)c1c[nH]c2ccccc12)c1ccc(S(=O)(=O)c2ccccc2)o1. The lowest BCUT2D eigenvalue weighted by molar-refractivity contribution is 0.0919. The standard InChI is InChI=1S/C27H22N2O4S/c30-27(25-15-16-26(33-25)34(31,32)20-11-5-2-6-12-20)29-17-22(19-9-3-1-4-10-19)23-18-28-24-14-8-7-13-21(23)24/h1-16,18,22,28H,17H2,(H,29,30). The van der Waals surface area contributed by atoms with Gasteiger partial charge in [-0.05, 0) is 41.5 Å². The molecular weight excluding hydrogens is 448 g/mol. The van der Waals surface area contributed by atoms with E-state index in [1.165, 1.54) is 24.3 Å². The number of carbonyl (C=O) groups excluding carboxylic acids is 1. The van der Waals surface area contributed by atoms with E-state index in [-0.39, 0.29) is 21.7 Å². The number of aromatic nitrogens is 1. The molecular formula is C27H22N2O4S. The summed E-state index contributed by atoms with van der Waals surface area (Å²) in [5, 5.41) is 3.73. The maximum atomic E-state index is 12.9. The number of nitrogens with one attached hydrogen (secondary N) is 2. The van der Waals surface area contributed by atoms with Gasteiger partial charge in [0.1, 0.15) is 0 Å². The van der Waals surface area contributed by atoms with Gasteiger partial charge in [0, 0.05) is 29.6 Å². The molecule has 6 nitrogen and oxygen atoms in total. The molecule has 3 aromatic carbocycles. The molecule has 2 N–H and O–H groups in total. The molecule has 1 unspecified atom stereocenters. The summed E-state index contributed by atoms with van der Waals surface area (Å²) in [6.07, 6.45) is 1.96. The molecule has 1 amide bonds. The third-order valence-corrected chi connectivity index (χ3v) is 7.43. The molecule has 0 saturated carbocycles. The average molecular weight is 471 g/mol. The molecule has 2 heterocycles. The van der Waals surface area contributed by atoms with Crippen LogP contribution in [0, 0.1) is 0 Å². The summed E-state index contributed by atoms with van der Waals surface area (Å²) in [6, 6.07) is 28.6. The number of para-hydroxylation sites is 1. The fourth-order valence-corrected chi connectivity index (χ4v) is 5.25. The minimum atomic E-state index is -3.84. The summed E-state index contributed by atoms with van der Waals surface area (Å²) in [6.45, 7) is 0.312. The number of carbonyl (C=O) groups is 1. The number of sulfone groups is 1. The zero-order valence-electron chi connectivity index (χ0n) is 18.1. The normalized spacial score (nSPS) is 12.5. The minimum Gasteiger partial charge on any atom is -0.439 e. The smallest absolute Gasteiger partial charge is 0.287 e. The molecule has 0 fully saturated rings. The minimum absolute atomic E-state index is 0.0553. The van der Waals surface area contributed by atoms with Crippen molar-refractivity contribution >= 4 is 26.6 Å². The third kappa shape index (κ3) is 4.13. The van der Waals surface area contributed by atoms with E-state index in [9.17, 15) is 13.2 Å². The van der Waals surface area contributed by atoms with Crippen molar-refractivity contribution in [2.24, 2.45) is 0 Å². The van der Waals surface area contributed by atoms with E-state index in [1.807, 2.05) is 60.8 Å². The van der Waals surface area contributed by atoms with Crippen molar-refractivity contribution in [1.29, 1.82) is 0 Å². The molecule has 5 rings (SSSR count). The molecule has 0 aliphatic rings. The van der Waals surface area contributed by atoms with Crippen molar-refractivity contribution in [2.75, 3.05) is 6.54 Å². The van der Waals surface area contributed by atoms with Gasteiger partial charge in [-0.25, -0.2) is 8.42 Å². The molecule has 0 bridgehead atoms. The van der Waals surface area contributed by atoms with E-state index < -0.39 is 15.7 Å². The van der Waals surface area contributed by atoms with Crippen molar-refractivity contribution in [1.82, 2.24) is 10.3 Å². The predicted molar refractivity (Wildman–Crippen MR) is 130 cm³/mol. The van der Waals surface area contributed by atoms with Gasteiger partial charge in [-0.2, -0.15) is 0 Å². The van der Waals surface area contributed by atoms with Crippen molar-refractivity contribution in [3.63, 3.8) is 0 Å². The van der Waals surface area contributed by atoms with Gasteiger partial charge in [0.25, 0.3) is 5.91 Å². The number of fused-ring (bicyclic) bond motifs is 1. The number of benzene rings is 3. The van der Waals surface area contributed by atoms with E-state index in [0.29, 0.717) is 6.54 Å². The highest BCUT2D eigenvalue weighted by atomic mass is 32.2. The van der Waals surface area contributed by atoms with Crippen LogP contribution in [0.2, 0.25) is 0 Å². The Balaban J connectivity index is 1.39. The molecule has 0 radical (unpaired) electrons. The molecule has 1 atom stereocenters. The summed E-state index contributed by atoms with van der Waals surface area (Å²) in [5.74, 6) is -0.640. The number of hydrogen-bond donors (Lipinski definition) is 2. The van der Waals surface area contributed by atoms with Gasteiger partial charge in [0.2, 0.25) is 14.9 Å². The van der Waals surface area contributed by atoms with E-state index in [4.69, 9.17) is 4.42 Å². The Morgan fingerprint density at radius 1 is 0.853 bits per heavy atom. The Morgan fingerprint density at radius 2 is 1.53 bits per heavy atom. The zero-order chi connectivity index (χ0) is 23.5. The number of H-pyrrole nitrogens is 1. The fourth-order valence-electron chi connectivity index (χ4n) is 4.06. The van der Waals surface area contributed by atoms with Crippen LogP contribution in [0.3, 0.4) is 0 Å². The number of aromatic amines is 1.